The van der Waals surface area contributed by atoms with Gasteiger partial charge in [0.1, 0.15) is 0 Å². The molecule has 1 aliphatic carbocycles. The van der Waals surface area contributed by atoms with Crippen LogP contribution in [0.5, 0.6) is 0 Å². The van der Waals surface area contributed by atoms with Crippen molar-refractivity contribution in [2.45, 2.75) is 24.3 Å². The summed E-state index contributed by atoms with van der Waals surface area (Å²) < 4.78 is 22.4. The topological polar surface area (TPSA) is 59.1 Å². The van der Waals surface area contributed by atoms with Crippen LogP contribution in [0.25, 0.3) is 0 Å². The largest absolute Gasteiger partial charge is 0.384 e. The minimum Gasteiger partial charge on any atom is -0.384 e. The third kappa shape index (κ3) is 2.72. The number of hydrogen-bond acceptors (Lipinski definition) is 4. The third-order valence-electron chi connectivity index (χ3n) is 2.94. The first-order valence-corrected chi connectivity index (χ1v) is 7.35. The fraction of sp³-hybridized carbons (Fsp3) is 0.545. The molecule has 0 bridgehead atoms. The molecule has 16 heavy (non-hydrogen) atoms. The average Bonchev–Trinajstić information content (AvgIpc) is 2.15. The van der Waals surface area contributed by atoms with E-state index in [9.17, 15) is 8.42 Å². The van der Waals surface area contributed by atoms with Crippen LogP contribution in [-0.4, -0.2) is 26.2 Å². The summed E-state index contributed by atoms with van der Waals surface area (Å²) in [5.74, 6) is 0.773. The monoisotopic (exact) mass is 240 g/mol. The van der Waals surface area contributed by atoms with Crippen molar-refractivity contribution >= 4 is 15.5 Å². The second-order valence-electron chi connectivity index (χ2n) is 4.34. The normalized spacial score (nSPS) is 16.8. The van der Waals surface area contributed by atoms with E-state index >= 15 is 0 Å². The zero-order valence-electron chi connectivity index (χ0n) is 9.31. The summed E-state index contributed by atoms with van der Waals surface area (Å²) in [6, 6.07) is 3.31. The van der Waals surface area contributed by atoms with Gasteiger partial charge in [0.15, 0.2) is 14.9 Å². The fourth-order valence-electron chi connectivity index (χ4n) is 1.66. The van der Waals surface area contributed by atoms with Gasteiger partial charge in [-0.25, -0.2) is 13.4 Å². The highest BCUT2D eigenvalue weighted by Crippen LogP contribution is 2.26. The number of aromatic nitrogens is 1. The number of pyridine rings is 1. The lowest BCUT2D eigenvalue weighted by Crippen LogP contribution is -2.20. The molecule has 1 aromatic heterocycles. The molecule has 1 heterocycles. The van der Waals surface area contributed by atoms with Crippen molar-refractivity contribution in [2.75, 3.05) is 18.1 Å². The molecule has 1 aliphatic rings. The standard InChI is InChI=1S/C11H16N2O2S/c1-16(14,15)11-6-5-10(8-13-11)12-7-9-3-2-4-9/h5-6,8-9,12H,2-4,7H2,1H3. The molecule has 1 fully saturated rings. The summed E-state index contributed by atoms with van der Waals surface area (Å²) in [6.45, 7) is 0.958. The molecule has 1 aromatic rings. The van der Waals surface area contributed by atoms with Gasteiger partial charge >= 0.3 is 0 Å². The van der Waals surface area contributed by atoms with E-state index in [0.717, 1.165) is 24.4 Å². The lowest BCUT2D eigenvalue weighted by atomic mass is 9.85. The fourth-order valence-corrected chi connectivity index (χ4v) is 2.22. The van der Waals surface area contributed by atoms with E-state index in [-0.39, 0.29) is 5.03 Å². The van der Waals surface area contributed by atoms with Crippen LogP contribution in [0.3, 0.4) is 0 Å². The summed E-state index contributed by atoms with van der Waals surface area (Å²) in [6.07, 6.45) is 6.66. The number of nitrogens with one attached hydrogen (secondary N) is 1. The predicted molar refractivity (Wildman–Crippen MR) is 63.2 cm³/mol. The lowest BCUT2D eigenvalue weighted by Gasteiger charge is -2.25. The Kier molecular flexibility index (Phi) is 3.14. The lowest BCUT2D eigenvalue weighted by molar-refractivity contribution is 0.333. The second-order valence-corrected chi connectivity index (χ2v) is 6.30. The molecule has 0 amide bonds. The van der Waals surface area contributed by atoms with Gasteiger partial charge in [0.2, 0.25) is 0 Å². The van der Waals surface area contributed by atoms with Gasteiger partial charge in [0.25, 0.3) is 0 Å². The first kappa shape index (κ1) is 11.4. The highest BCUT2D eigenvalue weighted by Gasteiger charge is 2.16. The quantitative estimate of drug-likeness (QED) is 0.870. The van der Waals surface area contributed by atoms with Crippen LogP contribution in [0.4, 0.5) is 5.69 Å². The van der Waals surface area contributed by atoms with Crippen molar-refractivity contribution in [1.29, 1.82) is 0 Å². The van der Waals surface area contributed by atoms with E-state index in [1.165, 1.54) is 19.3 Å². The van der Waals surface area contributed by atoms with E-state index in [4.69, 9.17) is 0 Å². The zero-order valence-corrected chi connectivity index (χ0v) is 10.1. The molecular weight excluding hydrogens is 224 g/mol. The van der Waals surface area contributed by atoms with Gasteiger partial charge in [-0.2, -0.15) is 0 Å². The van der Waals surface area contributed by atoms with Gasteiger partial charge in [0.05, 0.1) is 11.9 Å². The molecule has 0 aromatic carbocycles. The van der Waals surface area contributed by atoms with Crippen molar-refractivity contribution in [3.63, 3.8) is 0 Å². The maximum Gasteiger partial charge on any atom is 0.192 e. The van der Waals surface area contributed by atoms with Crippen LogP contribution in [0.1, 0.15) is 19.3 Å². The SMILES string of the molecule is CS(=O)(=O)c1ccc(NCC2CCC2)cn1. The molecule has 1 saturated carbocycles. The summed E-state index contributed by atoms with van der Waals surface area (Å²) >= 11 is 0. The van der Waals surface area contributed by atoms with E-state index in [0.29, 0.717) is 0 Å². The zero-order chi connectivity index (χ0) is 11.6. The van der Waals surface area contributed by atoms with Gasteiger partial charge < -0.3 is 5.32 Å². The number of rotatable bonds is 4. The number of nitrogens with zero attached hydrogens (tertiary/aromatic N) is 1. The Labute approximate surface area is 96.0 Å². The Balaban J connectivity index is 1.96. The Bertz CT molecular complexity index is 449. The number of hydrogen-bond donors (Lipinski definition) is 1. The molecule has 2 rings (SSSR count). The second kappa shape index (κ2) is 4.41. The van der Waals surface area contributed by atoms with Crippen LogP contribution < -0.4 is 5.32 Å². The maximum absolute atomic E-state index is 11.2. The number of sulfone groups is 1. The van der Waals surface area contributed by atoms with Crippen molar-refractivity contribution in [3.05, 3.63) is 18.3 Å². The molecule has 88 valence electrons. The van der Waals surface area contributed by atoms with Gasteiger partial charge in [-0.1, -0.05) is 6.42 Å². The van der Waals surface area contributed by atoms with Crippen LogP contribution in [-0.2, 0) is 9.84 Å². The first-order chi connectivity index (χ1) is 7.55. The Morgan fingerprint density at radius 2 is 2.19 bits per heavy atom. The molecule has 0 unspecified atom stereocenters. The molecule has 0 aliphatic heterocycles. The Morgan fingerprint density at radius 1 is 1.44 bits per heavy atom. The van der Waals surface area contributed by atoms with Gasteiger partial charge in [-0.3, -0.25) is 0 Å². The molecule has 4 nitrogen and oxygen atoms in total. The summed E-state index contributed by atoms with van der Waals surface area (Å²) in [5.41, 5.74) is 0.888. The molecular formula is C11H16N2O2S. The van der Waals surface area contributed by atoms with E-state index in [1.54, 1.807) is 18.3 Å². The van der Waals surface area contributed by atoms with Crippen LogP contribution in [0, 0.1) is 5.92 Å². The summed E-state index contributed by atoms with van der Waals surface area (Å²) in [5, 5.41) is 3.39. The van der Waals surface area contributed by atoms with Crippen LogP contribution in [0.15, 0.2) is 23.4 Å². The summed E-state index contributed by atoms with van der Waals surface area (Å²) in [7, 11) is -3.18. The predicted octanol–water partition coefficient (Wildman–Crippen LogP) is 1.70. The van der Waals surface area contributed by atoms with Crippen LogP contribution in [0.2, 0.25) is 0 Å². The molecule has 0 spiro atoms. The van der Waals surface area contributed by atoms with Crippen molar-refractivity contribution < 1.29 is 8.42 Å². The molecule has 0 radical (unpaired) electrons. The number of anilines is 1. The van der Waals surface area contributed by atoms with Crippen molar-refractivity contribution in [1.82, 2.24) is 4.98 Å². The minimum absolute atomic E-state index is 0.127. The van der Waals surface area contributed by atoms with Crippen LogP contribution >= 0.6 is 0 Å². The van der Waals surface area contributed by atoms with Gasteiger partial charge in [0, 0.05) is 12.8 Å². The Morgan fingerprint density at radius 3 is 2.62 bits per heavy atom. The highest BCUT2D eigenvalue weighted by atomic mass is 32.2. The highest BCUT2D eigenvalue weighted by molar-refractivity contribution is 7.90. The molecule has 1 N–H and O–H groups in total. The van der Waals surface area contributed by atoms with E-state index < -0.39 is 9.84 Å². The molecule has 0 saturated heterocycles. The van der Waals surface area contributed by atoms with E-state index in [2.05, 4.69) is 10.3 Å². The Hall–Kier alpha value is -1.10. The van der Waals surface area contributed by atoms with Gasteiger partial charge in [-0.05, 0) is 30.9 Å². The summed E-state index contributed by atoms with van der Waals surface area (Å²) in [4.78, 5) is 3.92. The van der Waals surface area contributed by atoms with Crippen molar-refractivity contribution in [3.8, 4) is 0 Å². The smallest absolute Gasteiger partial charge is 0.192 e. The minimum atomic E-state index is -3.18. The molecule has 5 heteroatoms. The third-order valence-corrected chi connectivity index (χ3v) is 3.94. The maximum atomic E-state index is 11.2. The van der Waals surface area contributed by atoms with Crippen molar-refractivity contribution in [2.24, 2.45) is 5.92 Å². The molecule has 0 atom stereocenters. The van der Waals surface area contributed by atoms with Gasteiger partial charge in [-0.15, -0.1) is 0 Å². The average molecular weight is 240 g/mol. The van der Waals surface area contributed by atoms with E-state index in [1.807, 2.05) is 0 Å². The first-order valence-electron chi connectivity index (χ1n) is 5.46.